The molecular weight excluding hydrogens is 290 g/mol. The van der Waals surface area contributed by atoms with E-state index in [1.807, 2.05) is 4.90 Å². The van der Waals surface area contributed by atoms with Gasteiger partial charge in [-0.3, -0.25) is 4.79 Å². The predicted molar refractivity (Wildman–Crippen MR) is 79.4 cm³/mol. The van der Waals surface area contributed by atoms with Gasteiger partial charge < -0.3 is 14.5 Å². The first-order valence-electron chi connectivity index (χ1n) is 7.70. The summed E-state index contributed by atoms with van der Waals surface area (Å²) in [4.78, 5) is 14.9. The number of anilines is 1. The summed E-state index contributed by atoms with van der Waals surface area (Å²) in [6.45, 7) is 4.78. The normalized spacial score (nSPS) is 23.0. The van der Waals surface area contributed by atoms with Gasteiger partial charge in [-0.2, -0.15) is 0 Å². The second-order valence-electron chi connectivity index (χ2n) is 5.89. The van der Waals surface area contributed by atoms with E-state index in [4.69, 9.17) is 4.74 Å². The average Bonchev–Trinajstić information content (AvgIpc) is 3.00. The van der Waals surface area contributed by atoms with Crippen LogP contribution in [0.2, 0.25) is 0 Å². The molecule has 1 atom stereocenters. The van der Waals surface area contributed by atoms with E-state index in [1.54, 1.807) is 0 Å². The van der Waals surface area contributed by atoms with Crippen LogP contribution in [0, 0.1) is 11.6 Å². The van der Waals surface area contributed by atoms with Gasteiger partial charge in [-0.05, 0) is 38.1 Å². The summed E-state index contributed by atoms with van der Waals surface area (Å²) >= 11 is 0. The number of benzene rings is 1. The number of hydrogen-bond acceptors (Lipinski definition) is 4. The van der Waals surface area contributed by atoms with Crippen molar-refractivity contribution in [1.82, 2.24) is 4.90 Å². The Labute approximate surface area is 128 Å². The van der Waals surface area contributed by atoms with E-state index in [9.17, 15) is 13.6 Å². The predicted octanol–water partition coefficient (Wildman–Crippen LogP) is 2.08. The molecule has 1 unspecified atom stereocenters. The molecule has 120 valence electrons. The highest BCUT2D eigenvalue weighted by Gasteiger charge is 2.25. The molecule has 0 radical (unpaired) electrons. The van der Waals surface area contributed by atoms with Gasteiger partial charge in [0, 0.05) is 25.3 Å². The molecule has 0 aromatic heterocycles. The quantitative estimate of drug-likeness (QED) is 0.797. The fourth-order valence-electron chi connectivity index (χ4n) is 3.18. The minimum atomic E-state index is -0.812. The van der Waals surface area contributed by atoms with Crippen LogP contribution in [0.1, 0.15) is 23.2 Å². The zero-order chi connectivity index (χ0) is 15.5. The number of hydrogen-bond donors (Lipinski definition) is 0. The van der Waals surface area contributed by atoms with Gasteiger partial charge in [0.15, 0.2) is 6.29 Å². The van der Waals surface area contributed by atoms with Crippen LogP contribution in [-0.4, -0.2) is 56.6 Å². The highest BCUT2D eigenvalue weighted by molar-refractivity contribution is 5.77. The molecule has 2 fully saturated rings. The van der Waals surface area contributed by atoms with Crippen LogP contribution in [0.5, 0.6) is 0 Å². The Hall–Kier alpha value is -1.53. The Balaban J connectivity index is 1.70. The summed E-state index contributed by atoms with van der Waals surface area (Å²) in [7, 11) is 0. The van der Waals surface area contributed by atoms with Gasteiger partial charge in [-0.15, -0.1) is 0 Å². The lowest BCUT2D eigenvalue weighted by Crippen LogP contribution is -2.47. The lowest BCUT2D eigenvalue weighted by molar-refractivity contribution is 0.0201. The number of rotatable bonds is 4. The summed E-state index contributed by atoms with van der Waals surface area (Å²) in [6.07, 6.45) is 2.70. The van der Waals surface area contributed by atoms with E-state index < -0.39 is 17.2 Å². The van der Waals surface area contributed by atoms with Gasteiger partial charge in [0.05, 0.1) is 18.3 Å². The van der Waals surface area contributed by atoms with E-state index >= 15 is 0 Å². The lowest BCUT2D eigenvalue weighted by atomic mass is 10.1. The second-order valence-corrected chi connectivity index (χ2v) is 5.89. The van der Waals surface area contributed by atoms with Crippen LogP contribution >= 0.6 is 0 Å². The summed E-state index contributed by atoms with van der Waals surface area (Å²) < 4.78 is 33.3. The largest absolute Gasteiger partial charge is 0.373 e. The van der Waals surface area contributed by atoms with Crippen molar-refractivity contribution < 1.29 is 18.3 Å². The molecule has 0 saturated carbocycles. The number of morpholine rings is 1. The molecular formula is C16H20F2N2O2. The van der Waals surface area contributed by atoms with Gasteiger partial charge in [0.1, 0.15) is 11.6 Å². The van der Waals surface area contributed by atoms with Crippen molar-refractivity contribution in [3.63, 3.8) is 0 Å². The van der Waals surface area contributed by atoms with Crippen LogP contribution < -0.4 is 4.90 Å². The monoisotopic (exact) mass is 310 g/mol. The number of aldehydes is 1. The highest BCUT2D eigenvalue weighted by Crippen LogP contribution is 2.23. The first-order chi connectivity index (χ1) is 10.7. The minimum Gasteiger partial charge on any atom is -0.373 e. The Bertz CT molecular complexity index is 524. The van der Waals surface area contributed by atoms with Crippen LogP contribution in [-0.2, 0) is 4.74 Å². The maximum absolute atomic E-state index is 13.8. The molecule has 0 N–H and O–H groups in total. The van der Waals surface area contributed by atoms with Gasteiger partial charge >= 0.3 is 0 Å². The number of carbonyl (C=O) groups excluding carboxylic acids is 1. The first-order valence-corrected chi connectivity index (χ1v) is 7.70. The summed E-state index contributed by atoms with van der Waals surface area (Å²) in [5, 5.41) is 0. The van der Waals surface area contributed by atoms with Gasteiger partial charge in [0.25, 0.3) is 0 Å². The van der Waals surface area contributed by atoms with Crippen molar-refractivity contribution in [2.75, 3.05) is 44.2 Å². The van der Waals surface area contributed by atoms with Crippen molar-refractivity contribution in [3.8, 4) is 0 Å². The maximum Gasteiger partial charge on any atom is 0.155 e. The summed E-state index contributed by atoms with van der Waals surface area (Å²) in [6, 6.07) is 2.45. The van der Waals surface area contributed by atoms with Crippen molar-refractivity contribution in [2.45, 2.75) is 18.9 Å². The molecule has 1 aromatic rings. The first kappa shape index (κ1) is 15.4. The van der Waals surface area contributed by atoms with Crippen LogP contribution in [0.3, 0.4) is 0 Å². The molecule has 0 spiro atoms. The van der Waals surface area contributed by atoms with E-state index in [-0.39, 0.29) is 12.4 Å². The van der Waals surface area contributed by atoms with E-state index in [1.165, 1.54) is 25.0 Å². The number of likely N-dealkylation sites (tertiary alicyclic amines) is 1. The Morgan fingerprint density at radius 2 is 1.86 bits per heavy atom. The Kier molecular flexibility index (Phi) is 4.69. The molecule has 2 saturated heterocycles. The summed E-state index contributed by atoms with van der Waals surface area (Å²) in [5.41, 5.74) is -0.0408. The van der Waals surface area contributed by atoms with Crippen LogP contribution in [0.15, 0.2) is 12.1 Å². The van der Waals surface area contributed by atoms with E-state index in [2.05, 4.69) is 4.90 Å². The van der Waals surface area contributed by atoms with Crippen molar-refractivity contribution in [3.05, 3.63) is 29.3 Å². The third-order valence-electron chi connectivity index (χ3n) is 4.35. The number of ether oxygens (including phenoxy) is 1. The molecule has 1 aromatic carbocycles. The fourth-order valence-corrected chi connectivity index (χ4v) is 3.18. The highest BCUT2D eigenvalue weighted by atomic mass is 19.1. The molecule has 2 heterocycles. The van der Waals surface area contributed by atoms with Crippen LogP contribution in [0.25, 0.3) is 0 Å². The Morgan fingerprint density at radius 3 is 2.50 bits per heavy atom. The molecule has 22 heavy (non-hydrogen) atoms. The van der Waals surface area contributed by atoms with Crippen LogP contribution in [0.4, 0.5) is 14.5 Å². The van der Waals surface area contributed by atoms with Gasteiger partial charge in [-0.25, -0.2) is 8.78 Å². The zero-order valence-electron chi connectivity index (χ0n) is 12.4. The number of nitrogens with zero attached hydrogens (tertiary/aromatic N) is 2. The number of carbonyl (C=O) groups is 1. The fraction of sp³-hybridized carbons (Fsp3) is 0.562. The molecule has 0 amide bonds. The Morgan fingerprint density at radius 1 is 1.18 bits per heavy atom. The molecule has 0 bridgehead atoms. The topological polar surface area (TPSA) is 32.8 Å². The molecule has 2 aliphatic rings. The van der Waals surface area contributed by atoms with E-state index in [0.717, 1.165) is 19.6 Å². The van der Waals surface area contributed by atoms with Crippen molar-refractivity contribution in [1.29, 1.82) is 0 Å². The third kappa shape index (κ3) is 3.28. The third-order valence-corrected chi connectivity index (χ3v) is 4.35. The lowest BCUT2D eigenvalue weighted by Gasteiger charge is -2.36. The van der Waals surface area contributed by atoms with Gasteiger partial charge in [-0.1, -0.05) is 0 Å². The summed E-state index contributed by atoms with van der Waals surface area (Å²) in [5.74, 6) is -1.62. The minimum absolute atomic E-state index is 0.0451. The molecule has 0 aliphatic carbocycles. The van der Waals surface area contributed by atoms with Gasteiger partial charge in [0.2, 0.25) is 0 Å². The van der Waals surface area contributed by atoms with Crippen molar-refractivity contribution in [2.24, 2.45) is 0 Å². The average molecular weight is 310 g/mol. The second kappa shape index (κ2) is 6.71. The standard InChI is InChI=1S/C16H20F2N2O2/c17-15-7-12(8-16(18)14(15)11-21)20-5-6-22-13(10-20)9-19-3-1-2-4-19/h7-8,11,13H,1-6,9-10H2. The smallest absolute Gasteiger partial charge is 0.155 e. The maximum atomic E-state index is 13.8. The molecule has 3 rings (SSSR count). The van der Waals surface area contributed by atoms with E-state index in [0.29, 0.717) is 25.4 Å². The van der Waals surface area contributed by atoms with Crippen molar-refractivity contribution >= 4 is 12.0 Å². The zero-order valence-corrected chi connectivity index (χ0v) is 12.4. The molecule has 2 aliphatic heterocycles. The SMILES string of the molecule is O=Cc1c(F)cc(N2CCOC(CN3CCCC3)C2)cc1F. The number of halogens is 2. The molecule has 4 nitrogen and oxygen atoms in total. The molecule has 6 heteroatoms.